The summed E-state index contributed by atoms with van der Waals surface area (Å²) in [6.07, 6.45) is 7.75. The molecule has 0 aliphatic rings. The first-order chi connectivity index (χ1) is 11.3. The SMILES string of the molecule is C#CCNC(=NCc1ccc(OC)cc1)NCCc1ccco1. The fraction of sp³-hybridized carbons (Fsp3) is 0.278. The third-order valence-electron chi connectivity index (χ3n) is 3.18. The van der Waals surface area contributed by atoms with Crippen molar-refractivity contribution in [3.05, 3.63) is 54.0 Å². The number of benzene rings is 1. The molecule has 1 aromatic carbocycles. The molecule has 120 valence electrons. The summed E-state index contributed by atoms with van der Waals surface area (Å²) in [5, 5.41) is 6.33. The third-order valence-corrected chi connectivity index (χ3v) is 3.18. The standard InChI is InChI=1S/C18H21N3O2/c1-3-11-19-18(20-12-10-17-5-4-13-23-17)21-14-15-6-8-16(22-2)9-7-15/h1,4-9,13H,10-12,14H2,2H3,(H2,19,20,21). The van der Waals surface area contributed by atoms with E-state index in [2.05, 4.69) is 21.5 Å². The highest BCUT2D eigenvalue weighted by molar-refractivity contribution is 5.80. The van der Waals surface area contributed by atoms with Gasteiger partial charge in [-0.25, -0.2) is 4.99 Å². The quantitative estimate of drug-likeness (QED) is 0.467. The number of nitrogens with zero attached hydrogens (tertiary/aromatic N) is 1. The Kier molecular flexibility index (Phi) is 6.61. The van der Waals surface area contributed by atoms with Crippen molar-refractivity contribution in [2.75, 3.05) is 20.2 Å². The molecule has 2 N–H and O–H groups in total. The number of ether oxygens (including phenoxy) is 1. The lowest BCUT2D eigenvalue weighted by atomic mass is 10.2. The van der Waals surface area contributed by atoms with Crippen molar-refractivity contribution in [2.24, 2.45) is 4.99 Å². The van der Waals surface area contributed by atoms with Crippen LogP contribution in [0.15, 0.2) is 52.1 Å². The van der Waals surface area contributed by atoms with Gasteiger partial charge in [0.25, 0.3) is 0 Å². The molecular weight excluding hydrogens is 290 g/mol. The average molecular weight is 311 g/mol. The number of nitrogens with one attached hydrogen (secondary N) is 2. The summed E-state index contributed by atoms with van der Waals surface area (Å²) < 4.78 is 10.4. The molecule has 1 heterocycles. The van der Waals surface area contributed by atoms with Crippen LogP contribution in [0.2, 0.25) is 0 Å². The van der Waals surface area contributed by atoms with Crippen LogP contribution in [0.3, 0.4) is 0 Å². The van der Waals surface area contributed by atoms with Crippen LogP contribution in [-0.4, -0.2) is 26.2 Å². The molecule has 0 saturated carbocycles. The van der Waals surface area contributed by atoms with E-state index in [-0.39, 0.29) is 0 Å². The van der Waals surface area contributed by atoms with Crippen molar-refractivity contribution in [1.82, 2.24) is 10.6 Å². The van der Waals surface area contributed by atoms with Gasteiger partial charge in [0.1, 0.15) is 11.5 Å². The number of guanidine groups is 1. The summed E-state index contributed by atoms with van der Waals surface area (Å²) in [5.41, 5.74) is 1.10. The van der Waals surface area contributed by atoms with Crippen molar-refractivity contribution in [2.45, 2.75) is 13.0 Å². The second kappa shape index (κ2) is 9.21. The summed E-state index contributed by atoms with van der Waals surface area (Å²) in [5.74, 6) is 5.00. The van der Waals surface area contributed by atoms with Crippen LogP contribution in [0.4, 0.5) is 0 Å². The Morgan fingerprint density at radius 1 is 1.26 bits per heavy atom. The van der Waals surface area contributed by atoms with Gasteiger partial charge < -0.3 is 19.8 Å². The first-order valence-electron chi connectivity index (χ1n) is 7.43. The lowest BCUT2D eigenvalue weighted by molar-refractivity contribution is 0.414. The summed E-state index contributed by atoms with van der Waals surface area (Å²) >= 11 is 0. The summed E-state index contributed by atoms with van der Waals surface area (Å²) in [7, 11) is 1.65. The molecule has 5 nitrogen and oxygen atoms in total. The number of hydrogen-bond acceptors (Lipinski definition) is 3. The second-order valence-electron chi connectivity index (χ2n) is 4.83. The van der Waals surface area contributed by atoms with Gasteiger partial charge in [-0.2, -0.15) is 0 Å². The molecule has 2 rings (SSSR count). The maximum absolute atomic E-state index is 5.30. The van der Waals surface area contributed by atoms with E-state index in [0.29, 0.717) is 25.6 Å². The Morgan fingerprint density at radius 2 is 2.09 bits per heavy atom. The smallest absolute Gasteiger partial charge is 0.192 e. The molecule has 0 unspecified atom stereocenters. The molecule has 0 aliphatic heterocycles. The van der Waals surface area contributed by atoms with Crippen LogP contribution in [0, 0.1) is 12.3 Å². The Balaban J connectivity index is 1.88. The first-order valence-corrected chi connectivity index (χ1v) is 7.43. The first kappa shape index (κ1) is 16.5. The Hall–Kier alpha value is -2.87. The zero-order valence-corrected chi connectivity index (χ0v) is 13.2. The van der Waals surface area contributed by atoms with Crippen molar-refractivity contribution in [3.8, 4) is 18.1 Å². The molecule has 0 radical (unpaired) electrons. The van der Waals surface area contributed by atoms with Crippen LogP contribution >= 0.6 is 0 Å². The Morgan fingerprint density at radius 3 is 2.74 bits per heavy atom. The average Bonchev–Trinajstić information content (AvgIpc) is 3.10. The molecule has 0 aliphatic carbocycles. The lowest BCUT2D eigenvalue weighted by Crippen LogP contribution is -2.38. The monoisotopic (exact) mass is 311 g/mol. The predicted molar refractivity (Wildman–Crippen MR) is 91.4 cm³/mol. The predicted octanol–water partition coefficient (Wildman–Crippen LogP) is 2.20. The van der Waals surface area contributed by atoms with Crippen molar-refractivity contribution in [3.63, 3.8) is 0 Å². The van der Waals surface area contributed by atoms with E-state index >= 15 is 0 Å². The molecule has 5 heteroatoms. The molecule has 0 bridgehead atoms. The normalized spacial score (nSPS) is 10.9. The molecule has 0 amide bonds. The highest BCUT2D eigenvalue weighted by atomic mass is 16.5. The molecule has 0 saturated heterocycles. The van der Waals surface area contributed by atoms with E-state index < -0.39 is 0 Å². The summed E-state index contributed by atoms with van der Waals surface area (Å²) in [6, 6.07) is 11.6. The van der Waals surface area contributed by atoms with Gasteiger partial charge >= 0.3 is 0 Å². The van der Waals surface area contributed by atoms with Crippen LogP contribution in [0.1, 0.15) is 11.3 Å². The molecule has 0 fully saturated rings. The minimum absolute atomic E-state index is 0.426. The maximum atomic E-state index is 5.30. The largest absolute Gasteiger partial charge is 0.497 e. The fourth-order valence-electron chi connectivity index (χ4n) is 1.97. The number of terminal acetylenes is 1. The van der Waals surface area contributed by atoms with Gasteiger partial charge in [0.15, 0.2) is 5.96 Å². The zero-order valence-electron chi connectivity index (χ0n) is 13.2. The van der Waals surface area contributed by atoms with Gasteiger partial charge in [-0.05, 0) is 29.8 Å². The number of furan rings is 1. The van der Waals surface area contributed by atoms with E-state index in [1.54, 1.807) is 13.4 Å². The molecule has 0 atom stereocenters. The second-order valence-corrected chi connectivity index (χ2v) is 4.83. The van der Waals surface area contributed by atoms with Crippen LogP contribution in [0.5, 0.6) is 5.75 Å². The fourth-order valence-corrected chi connectivity index (χ4v) is 1.97. The minimum Gasteiger partial charge on any atom is -0.497 e. The van der Waals surface area contributed by atoms with E-state index in [9.17, 15) is 0 Å². The highest BCUT2D eigenvalue weighted by Gasteiger charge is 2.00. The van der Waals surface area contributed by atoms with E-state index in [1.807, 2.05) is 36.4 Å². The third kappa shape index (κ3) is 5.79. The van der Waals surface area contributed by atoms with Gasteiger partial charge in [-0.15, -0.1) is 6.42 Å². The van der Waals surface area contributed by atoms with Gasteiger partial charge in [-0.1, -0.05) is 18.1 Å². The van der Waals surface area contributed by atoms with Crippen molar-refractivity contribution < 1.29 is 9.15 Å². The molecule has 1 aromatic heterocycles. The lowest BCUT2D eigenvalue weighted by Gasteiger charge is -2.10. The van der Waals surface area contributed by atoms with Crippen molar-refractivity contribution in [1.29, 1.82) is 0 Å². The summed E-state index contributed by atoms with van der Waals surface area (Å²) in [4.78, 5) is 4.53. The number of rotatable bonds is 7. The van der Waals surface area contributed by atoms with Gasteiger partial charge in [0.2, 0.25) is 0 Å². The topological polar surface area (TPSA) is 58.8 Å². The maximum Gasteiger partial charge on any atom is 0.192 e. The van der Waals surface area contributed by atoms with E-state index in [1.165, 1.54) is 0 Å². The van der Waals surface area contributed by atoms with Gasteiger partial charge in [0, 0.05) is 13.0 Å². The number of methoxy groups -OCH3 is 1. The van der Waals surface area contributed by atoms with Crippen LogP contribution in [0.25, 0.3) is 0 Å². The molecule has 2 aromatic rings. The Labute approximate surface area is 136 Å². The van der Waals surface area contributed by atoms with Crippen LogP contribution in [-0.2, 0) is 13.0 Å². The van der Waals surface area contributed by atoms with E-state index in [0.717, 1.165) is 23.5 Å². The molecular formula is C18H21N3O2. The van der Waals surface area contributed by atoms with Gasteiger partial charge in [-0.3, -0.25) is 0 Å². The minimum atomic E-state index is 0.426. The van der Waals surface area contributed by atoms with Crippen molar-refractivity contribution >= 4 is 5.96 Å². The highest BCUT2D eigenvalue weighted by Crippen LogP contribution is 2.11. The summed E-state index contributed by atoms with van der Waals surface area (Å²) in [6.45, 7) is 1.70. The van der Waals surface area contributed by atoms with E-state index in [4.69, 9.17) is 15.6 Å². The number of hydrogen-bond donors (Lipinski definition) is 2. The zero-order chi connectivity index (χ0) is 16.3. The molecule has 0 spiro atoms. The number of aliphatic imine (C=N–C) groups is 1. The van der Waals surface area contributed by atoms with Gasteiger partial charge in [0.05, 0.1) is 26.5 Å². The van der Waals surface area contributed by atoms with Crippen LogP contribution < -0.4 is 15.4 Å². The molecule has 23 heavy (non-hydrogen) atoms. The Bertz CT molecular complexity index is 640.